The molecule has 2 atom stereocenters. The van der Waals surface area contributed by atoms with Gasteiger partial charge < -0.3 is 10.6 Å². The third kappa shape index (κ3) is 3.67. The van der Waals surface area contributed by atoms with Gasteiger partial charge >= 0.3 is 0 Å². The van der Waals surface area contributed by atoms with Crippen LogP contribution in [0.4, 0.5) is 0 Å². The molecule has 3 N–H and O–H groups in total. The third-order valence-electron chi connectivity index (χ3n) is 2.56. The molecule has 1 fully saturated rings. The van der Waals surface area contributed by atoms with Gasteiger partial charge in [-0.3, -0.25) is 4.79 Å². The van der Waals surface area contributed by atoms with Crippen LogP contribution >= 0.6 is 11.8 Å². The summed E-state index contributed by atoms with van der Waals surface area (Å²) in [6, 6.07) is 0.0590. The Morgan fingerprint density at radius 3 is 3.24 bits per heavy atom. The molecule has 0 aromatic carbocycles. The predicted molar refractivity (Wildman–Crippen MR) is 64.5 cm³/mol. The maximum absolute atomic E-state index is 11.8. The molecule has 0 saturated carbocycles. The van der Waals surface area contributed by atoms with E-state index < -0.39 is 0 Å². The molecule has 0 spiro atoms. The van der Waals surface area contributed by atoms with Crippen LogP contribution in [0.25, 0.3) is 0 Å². The van der Waals surface area contributed by atoms with Crippen LogP contribution in [0.3, 0.4) is 0 Å². The van der Waals surface area contributed by atoms with Gasteiger partial charge in [-0.15, -0.1) is 10.2 Å². The number of carbonyl (C=O) groups is 1. The highest BCUT2D eigenvalue weighted by atomic mass is 32.2. The summed E-state index contributed by atoms with van der Waals surface area (Å²) in [5.41, 5.74) is 0. The molecule has 1 amide bonds. The maximum Gasteiger partial charge on any atom is 0.222 e. The zero-order valence-electron chi connectivity index (χ0n) is 9.64. The first kappa shape index (κ1) is 12.3. The van der Waals surface area contributed by atoms with E-state index in [0.717, 1.165) is 18.1 Å². The van der Waals surface area contributed by atoms with Crippen LogP contribution < -0.4 is 10.6 Å². The molecule has 2 unspecified atom stereocenters. The molecule has 94 valence electrons. The fourth-order valence-electron chi connectivity index (χ4n) is 1.69. The number of carbonyl (C=O) groups excluding carboxylic acids is 1. The Morgan fingerprint density at radius 2 is 2.59 bits per heavy atom. The number of nitrogens with zero attached hydrogens (tertiary/aromatic N) is 3. The Kier molecular flexibility index (Phi) is 4.32. The SMILES string of the molecule is CC(NC(=O)CC1CSCCN1)c1nn[nH]n1. The Morgan fingerprint density at radius 1 is 1.71 bits per heavy atom. The second-order valence-corrected chi connectivity index (χ2v) is 5.14. The minimum absolute atomic E-state index is 0.0160. The fourth-order valence-corrected chi connectivity index (χ4v) is 2.64. The van der Waals surface area contributed by atoms with Crippen molar-refractivity contribution in [3.63, 3.8) is 0 Å². The molecule has 2 heterocycles. The van der Waals surface area contributed by atoms with Gasteiger partial charge in [0.25, 0.3) is 0 Å². The molecule has 2 rings (SSSR count). The van der Waals surface area contributed by atoms with Crippen molar-refractivity contribution in [1.29, 1.82) is 0 Å². The van der Waals surface area contributed by atoms with Crippen molar-refractivity contribution in [2.24, 2.45) is 0 Å². The molecule has 17 heavy (non-hydrogen) atoms. The molecule has 8 heteroatoms. The number of thioether (sulfide) groups is 1. The van der Waals surface area contributed by atoms with Crippen molar-refractivity contribution in [3.8, 4) is 0 Å². The standard InChI is InChI=1S/C9H16N6OS/c1-6(9-12-14-15-13-9)11-8(16)4-7-5-17-3-2-10-7/h6-7,10H,2-5H2,1H3,(H,11,16)(H,12,13,14,15). The van der Waals surface area contributed by atoms with Crippen LogP contribution in [0.2, 0.25) is 0 Å². The van der Waals surface area contributed by atoms with Crippen LogP contribution in [-0.2, 0) is 4.79 Å². The van der Waals surface area contributed by atoms with E-state index in [1.165, 1.54) is 0 Å². The minimum Gasteiger partial charge on any atom is -0.346 e. The predicted octanol–water partition coefficient (Wildman–Crippen LogP) is -0.528. The molecule has 0 aliphatic carbocycles. The van der Waals surface area contributed by atoms with Crippen LogP contribution in [0.5, 0.6) is 0 Å². The number of aromatic nitrogens is 4. The lowest BCUT2D eigenvalue weighted by molar-refractivity contribution is -0.122. The zero-order valence-corrected chi connectivity index (χ0v) is 10.5. The Hall–Kier alpha value is -1.15. The van der Waals surface area contributed by atoms with E-state index in [-0.39, 0.29) is 18.0 Å². The average molecular weight is 256 g/mol. The van der Waals surface area contributed by atoms with Crippen molar-refractivity contribution in [2.45, 2.75) is 25.4 Å². The monoisotopic (exact) mass is 256 g/mol. The highest BCUT2D eigenvalue weighted by Crippen LogP contribution is 2.11. The summed E-state index contributed by atoms with van der Waals surface area (Å²) in [6.07, 6.45) is 0.495. The van der Waals surface area contributed by atoms with E-state index in [4.69, 9.17) is 0 Å². The number of rotatable bonds is 4. The Balaban J connectivity index is 1.76. The smallest absolute Gasteiger partial charge is 0.222 e. The normalized spacial score (nSPS) is 22.1. The summed E-state index contributed by atoms with van der Waals surface area (Å²) < 4.78 is 0. The number of aromatic amines is 1. The molecule has 7 nitrogen and oxygen atoms in total. The molecule has 1 aromatic rings. The summed E-state index contributed by atoms with van der Waals surface area (Å²) in [7, 11) is 0. The van der Waals surface area contributed by atoms with E-state index in [1.54, 1.807) is 0 Å². The zero-order chi connectivity index (χ0) is 12.1. The largest absolute Gasteiger partial charge is 0.346 e. The van der Waals surface area contributed by atoms with Gasteiger partial charge in [-0.25, -0.2) is 0 Å². The first-order chi connectivity index (χ1) is 8.25. The highest BCUT2D eigenvalue weighted by molar-refractivity contribution is 7.99. The second kappa shape index (κ2) is 5.97. The minimum atomic E-state index is -0.211. The van der Waals surface area contributed by atoms with Crippen molar-refractivity contribution in [1.82, 2.24) is 31.3 Å². The van der Waals surface area contributed by atoms with Gasteiger partial charge in [0.15, 0.2) is 5.82 Å². The maximum atomic E-state index is 11.8. The summed E-state index contributed by atoms with van der Waals surface area (Å²) in [4.78, 5) is 11.8. The topological polar surface area (TPSA) is 95.6 Å². The second-order valence-electron chi connectivity index (χ2n) is 3.99. The van der Waals surface area contributed by atoms with E-state index in [1.807, 2.05) is 18.7 Å². The lowest BCUT2D eigenvalue weighted by Gasteiger charge is -2.23. The van der Waals surface area contributed by atoms with Crippen LogP contribution in [0.15, 0.2) is 0 Å². The van der Waals surface area contributed by atoms with Crippen molar-refractivity contribution in [2.75, 3.05) is 18.1 Å². The molecular formula is C9H16N6OS. The van der Waals surface area contributed by atoms with E-state index in [2.05, 4.69) is 31.3 Å². The summed E-state index contributed by atoms with van der Waals surface area (Å²) >= 11 is 1.88. The lowest BCUT2D eigenvalue weighted by Crippen LogP contribution is -2.41. The van der Waals surface area contributed by atoms with Crippen LogP contribution in [-0.4, -0.2) is 50.6 Å². The number of hydrogen-bond donors (Lipinski definition) is 3. The Bertz CT molecular complexity index is 350. The molecule has 0 radical (unpaired) electrons. The van der Waals surface area contributed by atoms with Crippen LogP contribution in [0, 0.1) is 0 Å². The fraction of sp³-hybridized carbons (Fsp3) is 0.778. The van der Waals surface area contributed by atoms with Gasteiger partial charge in [-0.2, -0.15) is 17.0 Å². The summed E-state index contributed by atoms with van der Waals surface area (Å²) in [5.74, 6) is 2.63. The van der Waals surface area contributed by atoms with Gasteiger partial charge in [0.2, 0.25) is 5.91 Å². The molecule has 0 bridgehead atoms. The third-order valence-corrected chi connectivity index (χ3v) is 3.69. The van der Waals surface area contributed by atoms with Gasteiger partial charge in [-0.05, 0) is 6.92 Å². The number of amides is 1. The molecule has 1 aromatic heterocycles. The molecular weight excluding hydrogens is 240 g/mol. The van der Waals surface area contributed by atoms with Gasteiger partial charge in [0.05, 0.1) is 6.04 Å². The summed E-state index contributed by atoms with van der Waals surface area (Å²) in [6.45, 7) is 2.81. The van der Waals surface area contributed by atoms with Gasteiger partial charge in [-0.1, -0.05) is 5.21 Å². The number of hydrogen-bond acceptors (Lipinski definition) is 6. The van der Waals surface area contributed by atoms with E-state index in [9.17, 15) is 4.79 Å². The number of tetrazole rings is 1. The Labute approximate surface area is 104 Å². The van der Waals surface area contributed by atoms with Crippen molar-refractivity contribution < 1.29 is 4.79 Å². The quantitative estimate of drug-likeness (QED) is 0.670. The van der Waals surface area contributed by atoms with Crippen LogP contribution in [0.1, 0.15) is 25.2 Å². The molecule has 1 aliphatic rings. The van der Waals surface area contributed by atoms with E-state index >= 15 is 0 Å². The molecule has 1 aliphatic heterocycles. The molecule has 1 saturated heterocycles. The lowest BCUT2D eigenvalue weighted by atomic mass is 10.2. The first-order valence-corrected chi connectivity index (χ1v) is 6.75. The van der Waals surface area contributed by atoms with Gasteiger partial charge in [0.1, 0.15) is 0 Å². The summed E-state index contributed by atoms with van der Waals surface area (Å²) in [5, 5.41) is 19.7. The van der Waals surface area contributed by atoms with Crippen molar-refractivity contribution >= 4 is 17.7 Å². The first-order valence-electron chi connectivity index (χ1n) is 5.59. The number of nitrogens with one attached hydrogen (secondary N) is 3. The van der Waals surface area contributed by atoms with Gasteiger partial charge in [0, 0.05) is 30.5 Å². The average Bonchev–Trinajstić information content (AvgIpc) is 2.83. The highest BCUT2D eigenvalue weighted by Gasteiger charge is 2.19. The number of H-pyrrole nitrogens is 1. The van der Waals surface area contributed by atoms with Crippen molar-refractivity contribution in [3.05, 3.63) is 5.82 Å². The van der Waals surface area contributed by atoms with E-state index in [0.29, 0.717) is 12.2 Å².